The molecule has 0 amide bonds. The second-order valence-corrected chi connectivity index (χ2v) is 3.87. The van der Waals surface area contributed by atoms with E-state index in [1.807, 2.05) is 25.1 Å². The van der Waals surface area contributed by atoms with Crippen molar-refractivity contribution in [1.29, 1.82) is 0 Å². The molecule has 1 heterocycles. The van der Waals surface area contributed by atoms with Crippen LogP contribution in [0.15, 0.2) is 34.9 Å². The van der Waals surface area contributed by atoms with Crippen molar-refractivity contribution in [3.05, 3.63) is 36.1 Å². The summed E-state index contributed by atoms with van der Waals surface area (Å²) in [5.74, 6) is 0. The molecule has 0 saturated heterocycles. The molecule has 1 aromatic carbocycles. The highest BCUT2D eigenvalue weighted by molar-refractivity contribution is 5.80. The highest BCUT2D eigenvalue weighted by Gasteiger charge is 2.04. The largest absolute Gasteiger partial charge is 0.464 e. The first-order valence-corrected chi connectivity index (χ1v) is 5.19. The van der Waals surface area contributed by atoms with E-state index in [1.165, 1.54) is 10.9 Å². The van der Waals surface area contributed by atoms with Crippen molar-refractivity contribution < 1.29 is 4.42 Å². The van der Waals surface area contributed by atoms with E-state index in [1.54, 1.807) is 6.26 Å². The van der Waals surface area contributed by atoms with Gasteiger partial charge in [0.25, 0.3) is 0 Å². The third kappa shape index (κ3) is 2.37. The van der Waals surface area contributed by atoms with Crippen LogP contribution >= 0.6 is 0 Å². The molecule has 0 aliphatic carbocycles. The SMILES string of the molecule is CC(N)CNCc1coc2ccccc12. The topological polar surface area (TPSA) is 51.2 Å². The number of furan rings is 1. The van der Waals surface area contributed by atoms with Crippen LogP contribution in [-0.4, -0.2) is 12.6 Å². The molecule has 3 N–H and O–H groups in total. The highest BCUT2D eigenvalue weighted by atomic mass is 16.3. The van der Waals surface area contributed by atoms with Crippen molar-refractivity contribution >= 4 is 11.0 Å². The first-order chi connectivity index (χ1) is 7.27. The first kappa shape index (κ1) is 10.2. The van der Waals surface area contributed by atoms with Crippen molar-refractivity contribution in [1.82, 2.24) is 5.32 Å². The quantitative estimate of drug-likeness (QED) is 0.799. The molecule has 0 radical (unpaired) electrons. The number of hydrogen-bond acceptors (Lipinski definition) is 3. The molecule has 0 aliphatic heterocycles. The van der Waals surface area contributed by atoms with E-state index in [0.29, 0.717) is 0 Å². The van der Waals surface area contributed by atoms with E-state index in [2.05, 4.69) is 11.4 Å². The van der Waals surface area contributed by atoms with Gasteiger partial charge in [-0.05, 0) is 13.0 Å². The Morgan fingerprint density at radius 2 is 2.20 bits per heavy atom. The van der Waals surface area contributed by atoms with Gasteiger partial charge < -0.3 is 15.5 Å². The molecule has 0 saturated carbocycles. The van der Waals surface area contributed by atoms with Crippen LogP contribution < -0.4 is 11.1 Å². The Hall–Kier alpha value is -1.32. The molecule has 2 rings (SSSR count). The van der Waals surface area contributed by atoms with E-state index in [9.17, 15) is 0 Å². The van der Waals surface area contributed by atoms with Crippen LogP contribution in [0.2, 0.25) is 0 Å². The highest BCUT2D eigenvalue weighted by Crippen LogP contribution is 2.20. The predicted molar refractivity (Wildman–Crippen MR) is 61.6 cm³/mol. The van der Waals surface area contributed by atoms with Gasteiger partial charge >= 0.3 is 0 Å². The monoisotopic (exact) mass is 204 g/mol. The Kier molecular flexibility index (Phi) is 3.04. The van der Waals surface area contributed by atoms with Crippen molar-refractivity contribution in [3.8, 4) is 0 Å². The smallest absolute Gasteiger partial charge is 0.134 e. The molecule has 1 unspecified atom stereocenters. The Morgan fingerprint density at radius 1 is 1.40 bits per heavy atom. The summed E-state index contributed by atoms with van der Waals surface area (Å²) in [5, 5.41) is 4.47. The zero-order chi connectivity index (χ0) is 10.7. The molecular weight excluding hydrogens is 188 g/mol. The van der Waals surface area contributed by atoms with E-state index in [-0.39, 0.29) is 6.04 Å². The van der Waals surface area contributed by atoms with E-state index in [4.69, 9.17) is 10.2 Å². The molecule has 2 aromatic rings. The van der Waals surface area contributed by atoms with Gasteiger partial charge in [-0.1, -0.05) is 18.2 Å². The molecule has 80 valence electrons. The van der Waals surface area contributed by atoms with Crippen LogP contribution in [0.4, 0.5) is 0 Å². The summed E-state index contributed by atoms with van der Waals surface area (Å²) < 4.78 is 5.44. The van der Waals surface area contributed by atoms with Gasteiger partial charge in [0.2, 0.25) is 0 Å². The number of nitrogens with two attached hydrogens (primary N) is 1. The zero-order valence-corrected chi connectivity index (χ0v) is 8.86. The molecule has 0 spiro atoms. The van der Waals surface area contributed by atoms with Crippen LogP contribution in [0.25, 0.3) is 11.0 Å². The molecule has 1 atom stereocenters. The average molecular weight is 204 g/mol. The van der Waals surface area contributed by atoms with Gasteiger partial charge in [-0.15, -0.1) is 0 Å². The fourth-order valence-corrected chi connectivity index (χ4v) is 1.60. The van der Waals surface area contributed by atoms with Gasteiger partial charge in [0.15, 0.2) is 0 Å². The predicted octanol–water partition coefficient (Wildman–Crippen LogP) is 1.87. The average Bonchev–Trinajstić information content (AvgIpc) is 2.62. The standard InChI is InChI=1S/C12H16N2O/c1-9(13)6-14-7-10-8-15-12-5-3-2-4-11(10)12/h2-5,8-9,14H,6-7,13H2,1H3. The van der Waals surface area contributed by atoms with Crippen molar-refractivity contribution in [3.63, 3.8) is 0 Å². The molecule has 1 aromatic heterocycles. The van der Waals surface area contributed by atoms with Gasteiger partial charge in [0.1, 0.15) is 5.58 Å². The van der Waals surface area contributed by atoms with Crippen LogP contribution in [0.3, 0.4) is 0 Å². The molecule has 15 heavy (non-hydrogen) atoms. The Morgan fingerprint density at radius 3 is 3.00 bits per heavy atom. The minimum atomic E-state index is 0.183. The number of nitrogens with one attached hydrogen (secondary N) is 1. The van der Waals surface area contributed by atoms with Gasteiger partial charge in [-0.3, -0.25) is 0 Å². The van der Waals surface area contributed by atoms with E-state index < -0.39 is 0 Å². The Bertz CT molecular complexity index is 434. The fourth-order valence-electron chi connectivity index (χ4n) is 1.60. The van der Waals surface area contributed by atoms with Crippen LogP contribution in [0.1, 0.15) is 12.5 Å². The molecular formula is C12H16N2O. The van der Waals surface area contributed by atoms with Gasteiger partial charge in [0.05, 0.1) is 6.26 Å². The summed E-state index contributed by atoms with van der Waals surface area (Å²) in [6, 6.07) is 8.23. The summed E-state index contributed by atoms with van der Waals surface area (Å²) in [6.07, 6.45) is 1.80. The van der Waals surface area contributed by atoms with Crippen molar-refractivity contribution in [2.45, 2.75) is 19.5 Å². The van der Waals surface area contributed by atoms with Gasteiger partial charge in [-0.2, -0.15) is 0 Å². The Labute approximate surface area is 89.3 Å². The maximum atomic E-state index is 5.66. The normalized spacial score (nSPS) is 13.2. The summed E-state index contributed by atoms with van der Waals surface area (Å²) in [7, 11) is 0. The summed E-state index contributed by atoms with van der Waals surface area (Å²) in [6.45, 7) is 3.61. The number of hydrogen-bond donors (Lipinski definition) is 2. The molecule has 0 bridgehead atoms. The maximum Gasteiger partial charge on any atom is 0.134 e. The number of rotatable bonds is 4. The molecule has 0 fully saturated rings. The number of fused-ring (bicyclic) bond motifs is 1. The van der Waals surface area contributed by atoms with Crippen molar-refractivity contribution in [2.24, 2.45) is 5.73 Å². The molecule has 3 nitrogen and oxygen atoms in total. The van der Waals surface area contributed by atoms with Gasteiger partial charge in [-0.25, -0.2) is 0 Å². The first-order valence-electron chi connectivity index (χ1n) is 5.19. The molecule has 3 heteroatoms. The third-order valence-corrected chi connectivity index (χ3v) is 2.34. The lowest BCUT2D eigenvalue weighted by Crippen LogP contribution is -2.30. The summed E-state index contributed by atoms with van der Waals surface area (Å²) in [5.41, 5.74) is 7.78. The van der Waals surface area contributed by atoms with Crippen molar-refractivity contribution in [2.75, 3.05) is 6.54 Å². The zero-order valence-electron chi connectivity index (χ0n) is 8.86. The third-order valence-electron chi connectivity index (χ3n) is 2.34. The lowest BCUT2D eigenvalue weighted by molar-refractivity contribution is 0.586. The number of benzene rings is 1. The second kappa shape index (κ2) is 4.47. The molecule has 0 aliphatic rings. The van der Waals surface area contributed by atoms with Crippen LogP contribution in [0.5, 0.6) is 0 Å². The summed E-state index contributed by atoms with van der Waals surface area (Å²) >= 11 is 0. The van der Waals surface area contributed by atoms with E-state index >= 15 is 0 Å². The maximum absolute atomic E-state index is 5.66. The lowest BCUT2D eigenvalue weighted by Gasteiger charge is -2.05. The van der Waals surface area contributed by atoms with Crippen LogP contribution in [-0.2, 0) is 6.54 Å². The number of para-hydroxylation sites is 1. The Balaban J connectivity index is 2.08. The lowest BCUT2D eigenvalue weighted by atomic mass is 10.2. The van der Waals surface area contributed by atoms with Gasteiger partial charge in [0, 0.05) is 30.1 Å². The van der Waals surface area contributed by atoms with Crippen LogP contribution in [0, 0.1) is 0 Å². The summed E-state index contributed by atoms with van der Waals surface area (Å²) in [4.78, 5) is 0. The minimum absolute atomic E-state index is 0.183. The fraction of sp³-hybridized carbons (Fsp3) is 0.333. The second-order valence-electron chi connectivity index (χ2n) is 3.87. The minimum Gasteiger partial charge on any atom is -0.464 e. The van der Waals surface area contributed by atoms with E-state index in [0.717, 1.165) is 18.7 Å².